The van der Waals surface area contributed by atoms with Crippen molar-refractivity contribution in [1.82, 2.24) is 4.90 Å². The molecule has 156 valence electrons. The molecule has 4 aliphatic rings. The van der Waals surface area contributed by atoms with Crippen molar-refractivity contribution in [3.63, 3.8) is 0 Å². The molecule has 2 heterocycles. The van der Waals surface area contributed by atoms with Crippen LogP contribution in [-0.2, 0) is 21.1 Å². The first-order valence-corrected chi connectivity index (χ1v) is 13.0. The van der Waals surface area contributed by atoms with Crippen LogP contribution in [0.5, 0.6) is 5.75 Å². The number of carbonyl (C=O) groups excluding carboxylic acids is 1. The van der Waals surface area contributed by atoms with Gasteiger partial charge in [-0.05, 0) is 48.8 Å². The Bertz CT molecular complexity index is 944. The van der Waals surface area contributed by atoms with Crippen molar-refractivity contribution in [2.75, 3.05) is 18.6 Å². The molecule has 8 heteroatoms. The minimum atomic E-state index is -3.00. The van der Waals surface area contributed by atoms with Gasteiger partial charge in [-0.2, -0.15) is 4.99 Å². The van der Waals surface area contributed by atoms with Crippen LogP contribution in [0.25, 0.3) is 0 Å². The second-order valence-electron chi connectivity index (χ2n) is 8.76. The summed E-state index contributed by atoms with van der Waals surface area (Å²) in [6.07, 6.45) is 5.10. The Morgan fingerprint density at radius 1 is 1.17 bits per heavy atom. The van der Waals surface area contributed by atoms with Crippen molar-refractivity contribution in [3.05, 3.63) is 29.8 Å². The van der Waals surface area contributed by atoms with Crippen molar-refractivity contribution in [2.45, 2.75) is 49.4 Å². The van der Waals surface area contributed by atoms with Crippen LogP contribution >= 0.6 is 11.8 Å². The summed E-state index contributed by atoms with van der Waals surface area (Å²) in [5.41, 5.74) is 0.900. The Morgan fingerprint density at radius 2 is 1.97 bits per heavy atom. The second-order valence-corrected chi connectivity index (χ2v) is 12.1. The number of amidine groups is 1. The molecule has 0 radical (unpaired) electrons. The molecule has 2 saturated carbocycles. The molecular weight excluding hydrogens is 408 g/mol. The van der Waals surface area contributed by atoms with Crippen LogP contribution in [0.2, 0.25) is 0 Å². The number of rotatable bonds is 4. The quantitative estimate of drug-likeness (QED) is 0.725. The molecule has 0 aromatic heterocycles. The number of hydrogen-bond donors (Lipinski definition) is 0. The van der Waals surface area contributed by atoms with Gasteiger partial charge in [0.15, 0.2) is 15.0 Å². The number of amides is 1. The Kier molecular flexibility index (Phi) is 4.89. The monoisotopic (exact) mass is 434 g/mol. The number of benzene rings is 1. The summed E-state index contributed by atoms with van der Waals surface area (Å²) < 4.78 is 29.6. The van der Waals surface area contributed by atoms with Gasteiger partial charge in [-0.1, -0.05) is 30.3 Å². The van der Waals surface area contributed by atoms with Gasteiger partial charge in [0, 0.05) is 11.3 Å². The van der Waals surface area contributed by atoms with Crippen LogP contribution in [0.4, 0.5) is 0 Å². The van der Waals surface area contributed by atoms with Crippen LogP contribution in [0.1, 0.15) is 31.2 Å². The Labute approximate surface area is 176 Å². The van der Waals surface area contributed by atoms with Crippen LogP contribution in [0.15, 0.2) is 29.3 Å². The van der Waals surface area contributed by atoms with E-state index in [9.17, 15) is 13.2 Å². The van der Waals surface area contributed by atoms with E-state index in [1.807, 2.05) is 24.3 Å². The molecule has 1 amide bonds. The summed E-state index contributed by atoms with van der Waals surface area (Å²) in [5, 5.41) is 0.762. The number of ether oxygens (including phenoxy) is 1. The zero-order chi connectivity index (χ0) is 20.2. The predicted molar refractivity (Wildman–Crippen MR) is 114 cm³/mol. The Morgan fingerprint density at radius 3 is 2.62 bits per heavy atom. The van der Waals surface area contributed by atoms with Crippen LogP contribution < -0.4 is 4.74 Å². The van der Waals surface area contributed by atoms with E-state index in [-0.39, 0.29) is 35.1 Å². The minimum Gasteiger partial charge on any atom is -0.497 e. The van der Waals surface area contributed by atoms with E-state index in [4.69, 9.17) is 4.74 Å². The van der Waals surface area contributed by atoms with Crippen LogP contribution in [0.3, 0.4) is 0 Å². The molecule has 0 N–H and O–H groups in total. The van der Waals surface area contributed by atoms with E-state index >= 15 is 0 Å². The van der Waals surface area contributed by atoms with Gasteiger partial charge in [0.1, 0.15) is 5.75 Å². The molecule has 5 atom stereocenters. The number of fused-ring (bicyclic) bond motifs is 3. The number of methoxy groups -OCH3 is 1. The smallest absolute Gasteiger partial charge is 0.252 e. The van der Waals surface area contributed by atoms with E-state index < -0.39 is 9.84 Å². The largest absolute Gasteiger partial charge is 0.497 e. The molecule has 2 bridgehead atoms. The highest BCUT2D eigenvalue weighted by Gasteiger charge is 2.54. The first-order chi connectivity index (χ1) is 13.9. The van der Waals surface area contributed by atoms with Crippen LogP contribution in [-0.4, -0.2) is 60.3 Å². The van der Waals surface area contributed by atoms with Gasteiger partial charge >= 0.3 is 0 Å². The number of carbonyl (C=O) groups is 1. The summed E-state index contributed by atoms with van der Waals surface area (Å²) in [7, 11) is -1.39. The standard InChI is InChI=1S/C21H26N2O4S2/c1-27-16-6-3-13(4-7-16)10-20(24)22-21-23(17-9-14-2-5-15(17)8-14)18-11-29(25,26)12-19(18)28-21/h3-4,6-7,14-15,17-19H,2,5,8-12H2,1H3. The maximum Gasteiger partial charge on any atom is 0.252 e. The lowest BCUT2D eigenvalue weighted by molar-refractivity contribution is -0.117. The molecule has 5 rings (SSSR count). The zero-order valence-corrected chi connectivity index (χ0v) is 18.1. The number of nitrogens with zero attached hydrogens (tertiary/aromatic N) is 2. The molecule has 2 aliphatic heterocycles. The highest BCUT2D eigenvalue weighted by molar-refractivity contribution is 8.15. The summed E-state index contributed by atoms with van der Waals surface area (Å²) in [4.78, 5) is 19.5. The molecule has 29 heavy (non-hydrogen) atoms. The number of sulfone groups is 1. The molecule has 2 aliphatic carbocycles. The van der Waals surface area contributed by atoms with Gasteiger partial charge in [0.25, 0.3) is 5.91 Å². The first-order valence-electron chi connectivity index (χ1n) is 10.3. The third kappa shape index (κ3) is 3.69. The molecule has 2 saturated heterocycles. The van der Waals surface area contributed by atoms with Gasteiger partial charge in [0.2, 0.25) is 0 Å². The lowest BCUT2D eigenvalue weighted by atomic mass is 9.93. The van der Waals surface area contributed by atoms with Gasteiger partial charge in [-0.15, -0.1) is 0 Å². The average molecular weight is 435 g/mol. The number of aliphatic imine (C=N–C) groups is 1. The molecule has 4 fully saturated rings. The molecular formula is C21H26N2O4S2. The molecule has 6 nitrogen and oxygen atoms in total. The van der Waals surface area contributed by atoms with Gasteiger partial charge in [-0.25, -0.2) is 8.42 Å². The van der Waals surface area contributed by atoms with Crippen molar-refractivity contribution in [1.29, 1.82) is 0 Å². The van der Waals surface area contributed by atoms with E-state index in [2.05, 4.69) is 9.89 Å². The fourth-order valence-electron chi connectivity index (χ4n) is 5.59. The lowest BCUT2D eigenvalue weighted by Crippen LogP contribution is -2.47. The van der Waals surface area contributed by atoms with Crippen molar-refractivity contribution in [2.24, 2.45) is 16.8 Å². The van der Waals surface area contributed by atoms with Crippen molar-refractivity contribution < 1.29 is 17.9 Å². The summed E-state index contributed by atoms with van der Waals surface area (Å²) in [5.74, 6) is 2.35. The van der Waals surface area contributed by atoms with E-state index in [0.29, 0.717) is 12.0 Å². The minimum absolute atomic E-state index is 0.00617. The zero-order valence-electron chi connectivity index (χ0n) is 16.5. The molecule has 5 unspecified atom stereocenters. The molecule has 0 spiro atoms. The van der Waals surface area contributed by atoms with Gasteiger partial charge in [0.05, 0.1) is 31.1 Å². The second kappa shape index (κ2) is 7.30. The summed E-state index contributed by atoms with van der Waals surface area (Å²) >= 11 is 1.51. The fourth-order valence-corrected chi connectivity index (χ4v) is 9.59. The highest BCUT2D eigenvalue weighted by atomic mass is 32.2. The molecule has 1 aromatic carbocycles. The average Bonchev–Trinajstić information content (AvgIpc) is 3.42. The fraction of sp³-hybridized carbons (Fsp3) is 0.619. The number of thioether (sulfide) groups is 1. The summed E-state index contributed by atoms with van der Waals surface area (Å²) in [6.45, 7) is 0. The van der Waals surface area contributed by atoms with Gasteiger partial charge in [-0.3, -0.25) is 4.79 Å². The van der Waals surface area contributed by atoms with Crippen molar-refractivity contribution >= 4 is 32.7 Å². The van der Waals surface area contributed by atoms with E-state index in [1.54, 1.807) is 7.11 Å². The molecule has 1 aromatic rings. The maximum atomic E-state index is 12.7. The lowest BCUT2D eigenvalue weighted by Gasteiger charge is -2.36. The SMILES string of the molecule is COc1ccc(CC(=O)N=C2SC3CS(=O)(=O)CC3N2C2CC3CCC2C3)cc1. The van der Waals surface area contributed by atoms with Crippen LogP contribution in [0, 0.1) is 11.8 Å². The third-order valence-electron chi connectivity index (χ3n) is 6.90. The Hall–Kier alpha value is -1.54. The topological polar surface area (TPSA) is 76.0 Å². The van der Waals surface area contributed by atoms with Gasteiger partial charge < -0.3 is 9.64 Å². The summed E-state index contributed by atoms with van der Waals surface area (Å²) in [6, 6.07) is 7.77. The Balaban J connectivity index is 1.37. The first kappa shape index (κ1) is 19.4. The van der Waals surface area contributed by atoms with E-state index in [1.165, 1.54) is 31.0 Å². The maximum absolute atomic E-state index is 12.7. The number of hydrogen-bond acceptors (Lipinski definition) is 5. The van der Waals surface area contributed by atoms with Crippen molar-refractivity contribution in [3.8, 4) is 5.75 Å². The van der Waals surface area contributed by atoms with E-state index in [0.717, 1.165) is 28.8 Å². The normalized spacial score (nSPS) is 36.0. The third-order valence-corrected chi connectivity index (χ3v) is 10.1. The highest BCUT2D eigenvalue weighted by Crippen LogP contribution is 2.51. The predicted octanol–water partition coefficient (Wildman–Crippen LogP) is 2.52.